The van der Waals surface area contributed by atoms with E-state index in [1.807, 2.05) is 24.3 Å². The van der Waals surface area contributed by atoms with Crippen molar-refractivity contribution in [3.63, 3.8) is 0 Å². The smallest absolute Gasteiger partial charge is 0.0632 e. The molecule has 0 saturated carbocycles. The summed E-state index contributed by atoms with van der Waals surface area (Å²) < 4.78 is 0. The van der Waals surface area contributed by atoms with Crippen LogP contribution in [0.5, 0.6) is 0 Å². The van der Waals surface area contributed by atoms with Gasteiger partial charge in [0.15, 0.2) is 0 Å². The second kappa shape index (κ2) is 4.30. The van der Waals surface area contributed by atoms with Gasteiger partial charge in [0, 0.05) is 24.0 Å². The van der Waals surface area contributed by atoms with Crippen LogP contribution in [-0.2, 0) is 6.42 Å². The first-order valence-electron chi connectivity index (χ1n) is 4.89. The first-order valence-corrected chi connectivity index (χ1v) is 5.27. The van der Waals surface area contributed by atoms with E-state index in [4.69, 9.17) is 11.6 Å². The average Bonchev–Trinajstić information content (AvgIpc) is 2.06. The van der Waals surface area contributed by atoms with Crippen LogP contribution in [0.25, 0.3) is 0 Å². The molecule has 1 aliphatic rings. The molecule has 2 rings (SSSR count). The van der Waals surface area contributed by atoms with Crippen LogP contribution in [0, 0.1) is 5.92 Å². The summed E-state index contributed by atoms with van der Waals surface area (Å²) in [5.41, 5.74) is 1.15. The highest BCUT2D eigenvalue weighted by Gasteiger charge is 2.24. The Balaban J connectivity index is 1.92. The van der Waals surface area contributed by atoms with Crippen LogP contribution in [0.15, 0.2) is 24.3 Å². The van der Waals surface area contributed by atoms with Crippen LogP contribution in [0.2, 0.25) is 5.02 Å². The minimum atomic E-state index is -0.225. The van der Waals surface area contributed by atoms with Gasteiger partial charge in [-0.25, -0.2) is 0 Å². The van der Waals surface area contributed by atoms with Crippen LogP contribution in [0.4, 0.5) is 0 Å². The standard InChI is InChI=1S/C11H14ClNO/c12-10-3-1-8(2-4-10)5-11(14)9-6-13-7-9/h1-4,9,11,13-14H,5-7H2. The van der Waals surface area contributed by atoms with Crippen LogP contribution in [-0.4, -0.2) is 24.3 Å². The van der Waals surface area contributed by atoms with E-state index in [0.717, 1.165) is 30.1 Å². The highest BCUT2D eigenvalue weighted by Crippen LogP contribution is 2.16. The molecular formula is C11H14ClNO. The Labute approximate surface area is 88.9 Å². The predicted octanol–water partition coefficient (Wildman–Crippen LogP) is 1.46. The molecule has 0 aliphatic carbocycles. The van der Waals surface area contributed by atoms with Crippen LogP contribution < -0.4 is 5.32 Å². The molecule has 1 heterocycles. The van der Waals surface area contributed by atoms with Gasteiger partial charge in [-0.15, -0.1) is 0 Å². The third kappa shape index (κ3) is 2.27. The van der Waals surface area contributed by atoms with Crippen molar-refractivity contribution >= 4 is 11.6 Å². The maximum Gasteiger partial charge on any atom is 0.0632 e. The Morgan fingerprint density at radius 2 is 2.00 bits per heavy atom. The molecule has 2 nitrogen and oxygen atoms in total. The first kappa shape index (κ1) is 9.97. The van der Waals surface area contributed by atoms with Crippen molar-refractivity contribution < 1.29 is 5.11 Å². The first-order chi connectivity index (χ1) is 6.75. The molecule has 1 saturated heterocycles. The van der Waals surface area contributed by atoms with Gasteiger partial charge in [-0.3, -0.25) is 0 Å². The summed E-state index contributed by atoms with van der Waals surface area (Å²) in [4.78, 5) is 0. The summed E-state index contributed by atoms with van der Waals surface area (Å²) in [5, 5.41) is 13.7. The number of hydrogen-bond donors (Lipinski definition) is 2. The van der Waals surface area contributed by atoms with Crippen LogP contribution >= 0.6 is 11.6 Å². The Hall–Kier alpha value is -0.570. The lowest BCUT2D eigenvalue weighted by Crippen LogP contribution is -2.49. The van der Waals surface area contributed by atoms with Crippen molar-refractivity contribution in [2.45, 2.75) is 12.5 Å². The highest BCUT2D eigenvalue weighted by atomic mass is 35.5. The number of benzene rings is 1. The van der Waals surface area contributed by atoms with E-state index in [1.54, 1.807) is 0 Å². The van der Waals surface area contributed by atoms with Gasteiger partial charge in [0.1, 0.15) is 0 Å². The fraction of sp³-hybridized carbons (Fsp3) is 0.455. The van der Waals surface area contributed by atoms with Gasteiger partial charge < -0.3 is 10.4 Å². The largest absolute Gasteiger partial charge is 0.392 e. The molecule has 14 heavy (non-hydrogen) atoms. The quantitative estimate of drug-likeness (QED) is 0.794. The number of aliphatic hydroxyl groups excluding tert-OH is 1. The van der Waals surface area contributed by atoms with E-state index in [-0.39, 0.29) is 6.10 Å². The van der Waals surface area contributed by atoms with E-state index >= 15 is 0 Å². The number of rotatable bonds is 3. The monoisotopic (exact) mass is 211 g/mol. The minimum absolute atomic E-state index is 0.225. The van der Waals surface area contributed by atoms with E-state index < -0.39 is 0 Å². The molecule has 1 aliphatic heterocycles. The van der Waals surface area contributed by atoms with Crippen molar-refractivity contribution in [2.24, 2.45) is 5.92 Å². The second-order valence-electron chi connectivity index (χ2n) is 3.82. The zero-order valence-corrected chi connectivity index (χ0v) is 8.67. The lowest BCUT2D eigenvalue weighted by Gasteiger charge is -2.31. The zero-order valence-electron chi connectivity index (χ0n) is 7.91. The van der Waals surface area contributed by atoms with Gasteiger partial charge in [0.05, 0.1) is 6.10 Å². The Morgan fingerprint density at radius 3 is 2.50 bits per heavy atom. The van der Waals surface area contributed by atoms with Gasteiger partial charge in [-0.1, -0.05) is 23.7 Å². The molecule has 1 unspecified atom stereocenters. The number of nitrogens with one attached hydrogen (secondary N) is 1. The highest BCUT2D eigenvalue weighted by molar-refractivity contribution is 6.30. The third-order valence-electron chi connectivity index (χ3n) is 2.72. The minimum Gasteiger partial charge on any atom is -0.392 e. The number of aliphatic hydroxyl groups is 1. The summed E-state index contributed by atoms with van der Waals surface area (Å²) >= 11 is 5.78. The molecule has 0 amide bonds. The van der Waals surface area contributed by atoms with Gasteiger partial charge in [0.2, 0.25) is 0 Å². The molecule has 1 aromatic rings. The molecule has 0 bridgehead atoms. The fourth-order valence-corrected chi connectivity index (χ4v) is 1.74. The summed E-state index contributed by atoms with van der Waals surface area (Å²) in [5.74, 6) is 0.422. The van der Waals surface area contributed by atoms with Crippen molar-refractivity contribution in [3.8, 4) is 0 Å². The summed E-state index contributed by atoms with van der Waals surface area (Å²) in [6.45, 7) is 1.88. The summed E-state index contributed by atoms with van der Waals surface area (Å²) in [6.07, 6.45) is 0.501. The summed E-state index contributed by atoms with van der Waals surface area (Å²) in [6, 6.07) is 7.67. The Kier molecular flexibility index (Phi) is 3.06. The molecule has 0 spiro atoms. The zero-order chi connectivity index (χ0) is 9.97. The number of halogens is 1. The van der Waals surface area contributed by atoms with Crippen molar-refractivity contribution in [2.75, 3.05) is 13.1 Å². The lowest BCUT2D eigenvalue weighted by atomic mass is 9.92. The topological polar surface area (TPSA) is 32.3 Å². The van der Waals surface area contributed by atoms with E-state index in [1.165, 1.54) is 0 Å². The molecule has 2 N–H and O–H groups in total. The van der Waals surface area contributed by atoms with Crippen molar-refractivity contribution in [1.29, 1.82) is 0 Å². The van der Waals surface area contributed by atoms with Gasteiger partial charge in [0.25, 0.3) is 0 Å². The van der Waals surface area contributed by atoms with Gasteiger partial charge >= 0.3 is 0 Å². The average molecular weight is 212 g/mol. The molecule has 0 aromatic heterocycles. The van der Waals surface area contributed by atoms with E-state index in [2.05, 4.69) is 5.32 Å². The lowest BCUT2D eigenvalue weighted by molar-refractivity contribution is 0.0772. The second-order valence-corrected chi connectivity index (χ2v) is 4.25. The van der Waals surface area contributed by atoms with E-state index in [9.17, 15) is 5.11 Å². The molecule has 1 fully saturated rings. The molecule has 1 aromatic carbocycles. The Bertz CT molecular complexity index is 295. The Morgan fingerprint density at radius 1 is 1.36 bits per heavy atom. The maximum absolute atomic E-state index is 9.82. The fourth-order valence-electron chi connectivity index (χ4n) is 1.61. The SMILES string of the molecule is OC(Cc1ccc(Cl)cc1)C1CNC1. The van der Waals surface area contributed by atoms with Crippen molar-refractivity contribution in [1.82, 2.24) is 5.32 Å². The predicted molar refractivity (Wildman–Crippen MR) is 57.5 cm³/mol. The van der Waals surface area contributed by atoms with Gasteiger partial charge in [-0.2, -0.15) is 0 Å². The molecule has 3 heteroatoms. The summed E-state index contributed by atoms with van der Waals surface area (Å²) in [7, 11) is 0. The van der Waals surface area contributed by atoms with E-state index in [0.29, 0.717) is 5.92 Å². The van der Waals surface area contributed by atoms with Crippen LogP contribution in [0.1, 0.15) is 5.56 Å². The molecular weight excluding hydrogens is 198 g/mol. The van der Waals surface area contributed by atoms with Crippen molar-refractivity contribution in [3.05, 3.63) is 34.9 Å². The third-order valence-corrected chi connectivity index (χ3v) is 2.97. The normalized spacial score (nSPS) is 19.0. The number of hydrogen-bond acceptors (Lipinski definition) is 2. The molecule has 76 valence electrons. The molecule has 1 atom stereocenters. The maximum atomic E-state index is 9.82. The van der Waals surface area contributed by atoms with Crippen LogP contribution in [0.3, 0.4) is 0 Å². The van der Waals surface area contributed by atoms with Gasteiger partial charge in [-0.05, 0) is 24.1 Å². The molecule has 0 radical (unpaired) electrons.